The smallest absolute Gasteiger partial charge is 0.0609 e. The molecule has 1 atom stereocenters. The highest BCUT2D eigenvalue weighted by Gasteiger charge is 2.23. The van der Waals surface area contributed by atoms with Crippen molar-refractivity contribution in [3.8, 4) is 0 Å². The van der Waals surface area contributed by atoms with E-state index in [0.29, 0.717) is 5.92 Å². The van der Waals surface area contributed by atoms with Gasteiger partial charge in [-0.2, -0.15) is 0 Å². The standard InChI is InChI=1S/C13H30N2O/c1-11(8-14-12(2,3)4)9-15(7)13(5,6)10-16/h11,14,16H,8-10H2,1-7H3. The zero-order chi connectivity index (χ0) is 13.0. The van der Waals surface area contributed by atoms with Gasteiger partial charge in [0.05, 0.1) is 6.61 Å². The third kappa shape index (κ3) is 6.46. The molecule has 0 fully saturated rings. The van der Waals surface area contributed by atoms with Crippen LogP contribution in [0.2, 0.25) is 0 Å². The zero-order valence-corrected chi connectivity index (χ0v) is 12.1. The first-order chi connectivity index (χ1) is 7.08. The molecule has 3 nitrogen and oxygen atoms in total. The van der Waals surface area contributed by atoms with Crippen LogP contribution in [0.15, 0.2) is 0 Å². The number of aliphatic hydroxyl groups is 1. The molecule has 0 spiro atoms. The van der Waals surface area contributed by atoms with E-state index in [2.05, 4.69) is 58.8 Å². The molecule has 0 saturated heterocycles. The first-order valence-electron chi connectivity index (χ1n) is 6.15. The van der Waals surface area contributed by atoms with Crippen molar-refractivity contribution in [3.05, 3.63) is 0 Å². The van der Waals surface area contributed by atoms with Crippen molar-refractivity contribution >= 4 is 0 Å². The van der Waals surface area contributed by atoms with Gasteiger partial charge in [-0.05, 0) is 54.1 Å². The molecule has 2 N–H and O–H groups in total. The number of hydrogen-bond acceptors (Lipinski definition) is 3. The summed E-state index contributed by atoms with van der Waals surface area (Å²) in [4.78, 5) is 2.22. The second-order valence-corrected chi connectivity index (χ2v) is 6.59. The lowest BCUT2D eigenvalue weighted by Gasteiger charge is -2.36. The van der Waals surface area contributed by atoms with Crippen molar-refractivity contribution in [2.75, 3.05) is 26.7 Å². The van der Waals surface area contributed by atoms with Gasteiger partial charge >= 0.3 is 0 Å². The van der Waals surface area contributed by atoms with Gasteiger partial charge < -0.3 is 10.4 Å². The third-order valence-electron chi connectivity index (χ3n) is 2.99. The van der Waals surface area contributed by atoms with Crippen molar-refractivity contribution < 1.29 is 5.11 Å². The van der Waals surface area contributed by atoms with Gasteiger partial charge in [0.1, 0.15) is 0 Å². The Morgan fingerprint density at radius 1 is 1.19 bits per heavy atom. The predicted molar refractivity (Wildman–Crippen MR) is 70.7 cm³/mol. The summed E-state index contributed by atoms with van der Waals surface area (Å²) in [6.45, 7) is 15.1. The molecule has 0 aliphatic carbocycles. The van der Waals surface area contributed by atoms with Gasteiger partial charge in [0, 0.05) is 17.6 Å². The van der Waals surface area contributed by atoms with Gasteiger partial charge in [0.25, 0.3) is 0 Å². The largest absolute Gasteiger partial charge is 0.394 e. The number of rotatable bonds is 6. The van der Waals surface area contributed by atoms with E-state index in [1.54, 1.807) is 0 Å². The molecule has 0 rings (SSSR count). The lowest BCUT2D eigenvalue weighted by Crippen LogP contribution is -2.48. The number of nitrogens with zero attached hydrogens (tertiary/aromatic N) is 1. The molecule has 0 aromatic heterocycles. The van der Waals surface area contributed by atoms with Crippen molar-refractivity contribution in [2.24, 2.45) is 5.92 Å². The SMILES string of the molecule is CC(CNC(C)(C)C)CN(C)C(C)(C)CO. The van der Waals surface area contributed by atoms with Gasteiger partial charge in [-0.1, -0.05) is 6.92 Å². The maximum atomic E-state index is 9.28. The Morgan fingerprint density at radius 3 is 2.06 bits per heavy atom. The van der Waals surface area contributed by atoms with Crippen LogP contribution >= 0.6 is 0 Å². The second kappa shape index (κ2) is 5.99. The summed E-state index contributed by atoms with van der Waals surface area (Å²) in [5, 5.41) is 12.8. The average Bonchev–Trinajstić information content (AvgIpc) is 2.13. The Morgan fingerprint density at radius 2 is 1.69 bits per heavy atom. The minimum absolute atomic E-state index is 0.129. The minimum Gasteiger partial charge on any atom is -0.394 e. The fourth-order valence-electron chi connectivity index (χ4n) is 1.38. The summed E-state index contributed by atoms with van der Waals surface area (Å²) in [5.41, 5.74) is 0.0509. The average molecular weight is 230 g/mol. The van der Waals surface area contributed by atoms with Gasteiger partial charge in [-0.25, -0.2) is 0 Å². The minimum atomic E-state index is -0.129. The van der Waals surface area contributed by atoms with Gasteiger partial charge in [0.15, 0.2) is 0 Å². The first-order valence-corrected chi connectivity index (χ1v) is 6.15. The van der Waals surface area contributed by atoms with E-state index in [0.717, 1.165) is 13.1 Å². The van der Waals surface area contributed by atoms with Crippen molar-refractivity contribution in [3.63, 3.8) is 0 Å². The molecule has 0 aromatic carbocycles. The summed E-state index contributed by atoms with van der Waals surface area (Å²) in [6.07, 6.45) is 0. The van der Waals surface area contributed by atoms with Crippen molar-refractivity contribution in [2.45, 2.75) is 52.6 Å². The Labute approximate surface area is 101 Å². The third-order valence-corrected chi connectivity index (χ3v) is 2.99. The molecule has 0 radical (unpaired) electrons. The van der Waals surface area contributed by atoms with Crippen LogP contribution in [0.4, 0.5) is 0 Å². The quantitative estimate of drug-likeness (QED) is 0.729. The van der Waals surface area contributed by atoms with E-state index in [1.165, 1.54) is 0 Å². The van der Waals surface area contributed by atoms with Crippen LogP contribution in [0, 0.1) is 5.92 Å². The maximum absolute atomic E-state index is 9.28. The van der Waals surface area contributed by atoms with Crippen molar-refractivity contribution in [1.29, 1.82) is 0 Å². The molecule has 0 aliphatic heterocycles. The number of nitrogens with one attached hydrogen (secondary N) is 1. The molecular weight excluding hydrogens is 200 g/mol. The van der Waals surface area contributed by atoms with E-state index in [-0.39, 0.29) is 17.7 Å². The van der Waals surface area contributed by atoms with Crippen LogP contribution in [0.3, 0.4) is 0 Å². The van der Waals surface area contributed by atoms with E-state index in [9.17, 15) is 5.11 Å². The Kier molecular flexibility index (Phi) is 5.94. The van der Waals surface area contributed by atoms with Crippen LogP contribution in [-0.4, -0.2) is 47.8 Å². The lowest BCUT2D eigenvalue weighted by molar-refractivity contribution is 0.0675. The van der Waals surface area contributed by atoms with E-state index in [1.807, 2.05) is 0 Å². The highest BCUT2D eigenvalue weighted by Crippen LogP contribution is 2.13. The normalized spacial score (nSPS) is 15.6. The summed E-state index contributed by atoms with van der Waals surface area (Å²) in [5.74, 6) is 0.579. The van der Waals surface area contributed by atoms with Crippen LogP contribution in [0.25, 0.3) is 0 Å². The molecule has 0 aromatic rings. The fraction of sp³-hybridized carbons (Fsp3) is 1.00. The molecule has 3 heteroatoms. The molecule has 1 unspecified atom stereocenters. The molecular formula is C13H30N2O. The second-order valence-electron chi connectivity index (χ2n) is 6.59. The summed E-state index contributed by atoms with van der Waals surface area (Å²) in [6, 6.07) is 0. The van der Waals surface area contributed by atoms with Gasteiger partial charge in [-0.3, -0.25) is 4.90 Å². The summed E-state index contributed by atoms with van der Waals surface area (Å²) < 4.78 is 0. The number of likely N-dealkylation sites (N-methyl/N-ethyl adjacent to an activating group) is 1. The highest BCUT2D eigenvalue weighted by molar-refractivity contribution is 4.80. The highest BCUT2D eigenvalue weighted by atomic mass is 16.3. The summed E-state index contributed by atoms with van der Waals surface area (Å²) in [7, 11) is 2.07. The van der Waals surface area contributed by atoms with E-state index >= 15 is 0 Å². The molecule has 0 amide bonds. The Balaban J connectivity index is 4.01. The Bertz CT molecular complexity index is 197. The topological polar surface area (TPSA) is 35.5 Å². The fourth-order valence-corrected chi connectivity index (χ4v) is 1.38. The first kappa shape index (κ1) is 15.9. The number of aliphatic hydroxyl groups excluding tert-OH is 1. The van der Waals surface area contributed by atoms with Gasteiger partial charge in [-0.15, -0.1) is 0 Å². The molecule has 0 aliphatic rings. The van der Waals surface area contributed by atoms with Crippen LogP contribution < -0.4 is 5.32 Å². The zero-order valence-electron chi connectivity index (χ0n) is 12.1. The summed E-state index contributed by atoms with van der Waals surface area (Å²) >= 11 is 0. The van der Waals surface area contributed by atoms with Crippen molar-refractivity contribution in [1.82, 2.24) is 10.2 Å². The molecule has 0 bridgehead atoms. The molecule has 0 heterocycles. The lowest BCUT2D eigenvalue weighted by atomic mass is 10.0. The van der Waals surface area contributed by atoms with Crippen LogP contribution in [0.1, 0.15) is 41.5 Å². The predicted octanol–water partition coefficient (Wildman–Crippen LogP) is 1.71. The van der Waals surface area contributed by atoms with Gasteiger partial charge in [0.2, 0.25) is 0 Å². The number of hydrogen-bond donors (Lipinski definition) is 2. The van der Waals surface area contributed by atoms with E-state index in [4.69, 9.17) is 0 Å². The Hall–Kier alpha value is -0.120. The maximum Gasteiger partial charge on any atom is 0.0609 e. The molecule has 0 saturated carbocycles. The molecule has 98 valence electrons. The monoisotopic (exact) mass is 230 g/mol. The van der Waals surface area contributed by atoms with Crippen LogP contribution in [0.5, 0.6) is 0 Å². The molecule has 16 heavy (non-hydrogen) atoms. The van der Waals surface area contributed by atoms with Crippen LogP contribution in [-0.2, 0) is 0 Å². The van der Waals surface area contributed by atoms with E-state index < -0.39 is 0 Å².